The van der Waals surface area contributed by atoms with Crippen LogP contribution >= 0.6 is 0 Å². The van der Waals surface area contributed by atoms with Crippen LogP contribution in [0.15, 0.2) is 4.42 Å². The zero-order valence-corrected chi connectivity index (χ0v) is 11.9. The highest BCUT2D eigenvalue weighted by molar-refractivity contribution is 5.77. The summed E-state index contributed by atoms with van der Waals surface area (Å²) in [5, 5.41) is 14.6. The predicted octanol–water partition coefficient (Wildman–Crippen LogP) is -0.296. The van der Waals surface area contributed by atoms with E-state index < -0.39 is 0 Å². The van der Waals surface area contributed by atoms with Crippen molar-refractivity contribution in [1.82, 2.24) is 30.6 Å². The van der Waals surface area contributed by atoms with Crippen molar-refractivity contribution < 1.29 is 9.21 Å². The van der Waals surface area contributed by atoms with Crippen molar-refractivity contribution >= 4 is 6.03 Å². The largest absolute Gasteiger partial charge is 0.422 e. The Morgan fingerprint density at radius 1 is 1.24 bits per heavy atom. The minimum Gasteiger partial charge on any atom is -0.422 e. The molecule has 3 saturated heterocycles. The Morgan fingerprint density at radius 3 is 2.95 bits per heavy atom. The van der Waals surface area contributed by atoms with E-state index in [0.29, 0.717) is 18.3 Å². The molecule has 114 valence electrons. The van der Waals surface area contributed by atoms with E-state index in [4.69, 9.17) is 4.42 Å². The first kappa shape index (κ1) is 13.0. The number of rotatable bonds is 3. The number of hydrogen-bond acceptors (Lipinski definition) is 6. The third-order valence-electron chi connectivity index (χ3n) is 4.51. The molecule has 2 bridgehead atoms. The monoisotopic (exact) mass is 292 g/mol. The molecule has 3 fully saturated rings. The fraction of sp³-hybridized carbons (Fsp3) is 0.769. The molecule has 0 aliphatic carbocycles. The van der Waals surface area contributed by atoms with E-state index in [-0.39, 0.29) is 18.1 Å². The Bertz CT molecular complexity index is 526. The zero-order chi connectivity index (χ0) is 14.2. The van der Waals surface area contributed by atoms with Crippen molar-refractivity contribution in [3.8, 4) is 0 Å². The van der Waals surface area contributed by atoms with Gasteiger partial charge in [-0.3, -0.25) is 4.90 Å². The van der Waals surface area contributed by atoms with Crippen molar-refractivity contribution in [2.24, 2.45) is 0 Å². The molecule has 2 N–H and O–H groups in total. The van der Waals surface area contributed by atoms with Gasteiger partial charge in [0.15, 0.2) is 0 Å². The highest BCUT2D eigenvalue weighted by Gasteiger charge is 2.41. The lowest BCUT2D eigenvalue weighted by Crippen LogP contribution is -2.42. The molecule has 2 atom stereocenters. The molecule has 0 unspecified atom stereocenters. The van der Waals surface area contributed by atoms with Gasteiger partial charge in [0.05, 0.1) is 6.54 Å². The number of hydrogen-bond donors (Lipinski definition) is 2. The van der Waals surface area contributed by atoms with Gasteiger partial charge in [-0.05, 0) is 12.8 Å². The molecule has 2 amide bonds. The average Bonchev–Trinajstić information content (AvgIpc) is 3.07. The molecule has 3 aliphatic heterocycles. The molecule has 4 heterocycles. The molecule has 0 aromatic carbocycles. The number of urea groups is 1. The van der Waals surface area contributed by atoms with Gasteiger partial charge in [0.1, 0.15) is 6.04 Å². The second-order valence-corrected chi connectivity index (χ2v) is 5.95. The highest BCUT2D eigenvalue weighted by Crippen LogP contribution is 2.33. The van der Waals surface area contributed by atoms with E-state index in [1.54, 1.807) is 0 Å². The number of fused-ring (bicyclic) bond motifs is 2. The van der Waals surface area contributed by atoms with E-state index in [1.165, 1.54) is 0 Å². The molecular weight excluding hydrogens is 272 g/mol. The maximum Gasteiger partial charge on any atom is 0.318 e. The lowest BCUT2D eigenvalue weighted by atomic mass is 10.0. The zero-order valence-electron chi connectivity index (χ0n) is 11.9. The second kappa shape index (κ2) is 5.27. The van der Waals surface area contributed by atoms with Crippen molar-refractivity contribution in [2.45, 2.75) is 31.5 Å². The van der Waals surface area contributed by atoms with Gasteiger partial charge >= 0.3 is 6.03 Å². The summed E-state index contributed by atoms with van der Waals surface area (Å²) in [5.74, 6) is 1.23. The minimum atomic E-state index is -0.0620. The summed E-state index contributed by atoms with van der Waals surface area (Å²) in [6.45, 7) is 5.43. The number of carbonyl (C=O) groups excluding carboxylic acids is 1. The number of nitrogens with one attached hydrogen (secondary N) is 2. The summed E-state index contributed by atoms with van der Waals surface area (Å²) in [6.07, 6.45) is 1.86. The second-order valence-electron chi connectivity index (χ2n) is 5.95. The third-order valence-corrected chi connectivity index (χ3v) is 4.51. The van der Waals surface area contributed by atoms with Crippen LogP contribution in [0.4, 0.5) is 4.79 Å². The molecule has 0 saturated carbocycles. The first-order valence-corrected chi connectivity index (χ1v) is 7.62. The van der Waals surface area contributed by atoms with Crippen LogP contribution in [-0.2, 0) is 6.54 Å². The molecule has 4 rings (SSSR count). The van der Waals surface area contributed by atoms with E-state index >= 15 is 0 Å². The molecule has 0 radical (unpaired) electrons. The molecule has 8 nitrogen and oxygen atoms in total. The van der Waals surface area contributed by atoms with Crippen molar-refractivity contribution in [1.29, 1.82) is 0 Å². The molecule has 0 spiro atoms. The molecule has 3 aliphatic rings. The van der Waals surface area contributed by atoms with Crippen molar-refractivity contribution in [3.63, 3.8) is 0 Å². The first-order chi connectivity index (χ1) is 10.3. The minimum absolute atomic E-state index is 0.00986. The van der Waals surface area contributed by atoms with Crippen LogP contribution in [0, 0.1) is 0 Å². The maximum absolute atomic E-state index is 11.9. The fourth-order valence-electron chi connectivity index (χ4n) is 3.35. The van der Waals surface area contributed by atoms with Crippen LogP contribution in [0.5, 0.6) is 0 Å². The predicted molar refractivity (Wildman–Crippen MR) is 73.4 cm³/mol. The summed E-state index contributed by atoms with van der Waals surface area (Å²) in [6, 6.07) is 0.217. The topological polar surface area (TPSA) is 86.5 Å². The highest BCUT2D eigenvalue weighted by atomic mass is 16.4. The van der Waals surface area contributed by atoms with Gasteiger partial charge in [-0.1, -0.05) is 0 Å². The molecule has 1 aromatic rings. The number of carbonyl (C=O) groups is 1. The quantitative estimate of drug-likeness (QED) is 0.796. The Morgan fingerprint density at radius 2 is 2.10 bits per heavy atom. The van der Waals surface area contributed by atoms with E-state index in [9.17, 15) is 4.79 Å². The van der Waals surface area contributed by atoms with Gasteiger partial charge in [0.2, 0.25) is 11.8 Å². The van der Waals surface area contributed by atoms with E-state index in [1.807, 2.05) is 4.90 Å². The Hall–Kier alpha value is -1.67. The van der Waals surface area contributed by atoms with E-state index in [2.05, 4.69) is 25.7 Å². The van der Waals surface area contributed by atoms with Crippen molar-refractivity contribution in [2.75, 3.05) is 32.7 Å². The lowest BCUT2D eigenvalue weighted by molar-refractivity contribution is 0.162. The van der Waals surface area contributed by atoms with Gasteiger partial charge in [0, 0.05) is 38.8 Å². The fourth-order valence-corrected chi connectivity index (χ4v) is 3.35. The van der Waals surface area contributed by atoms with Gasteiger partial charge < -0.3 is 20.0 Å². The number of aromatic nitrogens is 2. The van der Waals surface area contributed by atoms with Crippen molar-refractivity contribution in [3.05, 3.63) is 11.8 Å². The third kappa shape index (κ3) is 2.49. The summed E-state index contributed by atoms with van der Waals surface area (Å²) in [4.78, 5) is 16.0. The van der Waals surface area contributed by atoms with Crippen LogP contribution in [0.2, 0.25) is 0 Å². The number of amides is 2. The molecular formula is C13H20N6O2. The summed E-state index contributed by atoms with van der Waals surface area (Å²) < 4.78 is 5.82. The summed E-state index contributed by atoms with van der Waals surface area (Å²) in [7, 11) is 0. The Balaban J connectivity index is 1.45. The molecule has 21 heavy (non-hydrogen) atoms. The van der Waals surface area contributed by atoms with Crippen LogP contribution in [0.25, 0.3) is 0 Å². The standard InChI is InChI=1S/C13H20N6O2/c20-13-15-9-1-2-10(19(13)7-9)12-17-16-11(21-12)8-18-5-3-14-4-6-18/h9-10,14H,1-8H2,(H,15,20)/t9-,10+/m1/s1. The SMILES string of the molecule is O=C1N[C@@H]2CC[C@@H](c3nnc(CN4CCNCC4)o3)N1C2. The van der Waals surface area contributed by atoms with E-state index in [0.717, 1.165) is 45.6 Å². The molecule has 8 heteroatoms. The summed E-state index contributed by atoms with van der Waals surface area (Å²) >= 11 is 0. The van der Waals surface area contributed by atoms with Crippen LogP contribution in [0.1, 0.15) is 30.7 Å². The van der Waals surface area contributed by atoms with Crippen LogP contribution in [0.3, 0.4) is 0 Å². The van der Waals surface area contributed by atoms with Gasteiger partial charge in [0.25, 0.3) is 0 Å². The van der Waals surface area contributed by atoms with Gasteiger partial charge in [-0.25, -0.2) is 4.79 Å². The Labute approximate surface area is 122 Å². The van der Waals surface area contributed by atoms with Gasteiger partial charge in [-0.15, -0.1) is 10.2 Å². The summed E-state index contributed by atoms with van der Waals surface area (Å²) in [5.41, 5.74) is 0. The first-order valence-electron chi connectivity index (χ1n) is 7.62. The number of nitrogens with zero attached hydrogens (tertiary/aromatic N) is 4. The Kier molecular flexibility index (Phi) is 3.27. The number of piperazine rings is 1. The van der Waals surface area contributed by atoms with Gasteiger partial charge in [-0.2, -0.15) is 0 Å². The number of piperidine rings is 1. The maximum atomic E-state index is 11.9. The molecule has 1 aromatic heterocycles. The average molecular weight is 292 g/mol. The normalized spacial score (nSPS) is 29.7. The van der Waals surface area contributed by atoms with Crippen LogP contribution < -0.4 is 10.6 Å². The lowest BCUT2D eigenvalue weighted by Gasteiger charge is -2.28. The van der Waals surface area contributed by atoms with Crippen LogP contribution in [-0.4, -0.2) is 64.8 Å². The smallest absolute Gasteiger partial charge is 0.318 e.